The van der Waals surface area contributed by atoms with Gasteiger partial charge in [-0.3, -0.25) is 0 Å². The maximum atomic E-state index is 9.04. The van der Waals surface area contributed by atoms with Crippen LogP contribution < -0.4 is 4.74 Å². The molecular formula is C17H19ClO2. The van der Waals surface area contributed by atoms with E-state index in [2.05, 4.69) is 19.1 Å². The van der Waals surface area contributed by atoms with Gasteiger partial charge in [-0.1, -0.05) is 43.1 Å². The summed E-state index contributed by atoms with van der Waals surface area (Å²) in [6.45, 7) is 2.17. The van der Waals surface area contributed by atoms with Gasteiger partial charge in [0.15, 0.2) is 0 Å². The van der Waals surface area contributed by atoms with Crippen molar-refractivity contribution in [2.24, 2.45) is 0 Å². The lowest BCUT2D eigenvalue weighted by atomic mass is 10.1. The number of rotatable bonds is 6. The number of aliphatic hydroxyl groups is 1. The number of hydrogen-bond acceptors (Lipinski definition) is 2. The van der Waals surface area contributed by atoms with E-state index in [1.165, 1.54) is 18.4 Å². The number of benzene rings is 2. The van der Waals surface area contributed by atoms with Crippen LogP contribution in [0, 0.1) is 0 Å². The van der Waals surface area contributed by atoms with Crippen LogP contribution >= 0.6 is 11.6 Å². The van der Waals surface area contributed by atoms with Gasteiger partial charge in [0.2, 0.25) is 0 Å². The monoisotopic (exact) mass is 290 g/mol. The summed E-state index contributed by atoms with van der Waals surface area (Å²) in [5, 5.41) is 9.55. The predicted molar refractivity (Wildman–Crippen MR) is 82.5 cm³/mol. The summed E-state index contributed by atoms with van der Waals surface area (Å²) < 4.78 is 5.75. The molecular weight excluding hydrogens is 272 g/mol. The zero-order valence-electron chi connectivity index (χ0n) is 11.6. The Kier molecular flexibility index (Phi) is 5.45. The van der Waals surface area contributed by atoms with Gasteiger partial charge < -0.3 is 9.84 Å². The minimum absolute atomic E-state index is 0.0217. The van der Waals surface area contributed by atoms with E-state index in [4.69, 9.17) is 21.4 Å². The molecule has 2 aromatic rings. The topological polar surface area (TPSA) is 29.5 Å². The highest BCUT2D eigenvalue weighted by Gasteiger charge is 2.04. The highest BCUT2D eigenvalue weighted by Crippen LogP contribution is 2.30. The van der Waals surface area contributed by atoms with Crippen LogP contribution in [0.4, 0.5) is 0 Å². The molecule has 0 fully saturated rings. The van der Waals surface area contributed by atoms with Gasteiger partial charge in [-0.05, 0) is 48.2 Å². The second-order valence-electron chi connectivity index (χ2n) is 4.77. The fraction of sp³-hybridized carbons (Fsp3) is 0.294. The number of hydrogen-bond donors (Lipinski definition) is 1. The van der Waals surface area contributed by atoms with Gasteiger partial charge in [-0.25, -0.2) is 0 Å². The van der Waals surface area contributed by atoms with Crippen molar-refractivity contribution in [2.75, 3.05) is 0 Å². The van der Waals surface area contributed by atoms with Crippen LogP contribution in [0.15, 0.2) is 42.5 Å². The van der Waals surface area contributed by atoms with Crippen molar-refractivity contribution in [3.63, 3.8) is 0 Å². The van der Waals surface area contributed by atoms with Gasteiger partial charge in [0.25, 0.3) is 0 Å². The first-order valence-corrected chi connectivity index (χ1v) is 7.27. The van der Waals surface area contributed by atoms with Crippen molar-refractivity contribution in [2.45, 2.75) is 32.8 Å². The molecule has 2 rings (SSSR count). The highest BCUT2D eigenvalue weighted by atomic mass is 35.5. The van der Waals surface area contributed by atoms with Crippen LogP contribution in [0.2, 0.25) is 5.02 Å². The van der Waals surface area contributed by atoms with E-state index in [0.29, 0.717) is 10.8 Å². The molecule has 1 N–H and O–H groups in total. The Hall–Kier alpha value is -1.51. The molecule has 0 bridgehead atoms. The van der Waals surface area contributed by atoms with Crippen molar-refractivity contribution >= 4 is 11.6 Å². The summed E-state index contributed by atoms with van der Waals surface area (Å²) in [6.07, 6.45) is 3.50. The van der Waals surface area contributed by atoms with Gasteiger partial charge in [0.1, 0.15) is 11.5 Å². The van der Waals surface area contributed by atoms with Gasteiger partial charge >= 0.3 is 0 Å². The quantitative estimate of drug-likeness (QED) is 0.814. The minimum Gasteiger partial charge on any atom is -0.456 e. The van der Waals surface area contributed by atoms with E-state index in [0.717, 1.165) is 17.7 Å². The van der Waals surface area contributed by atoms with E-state index < -0.39 is 0 Å². The minimum atomic E-state index is -0.0217. The molecule has 0 aromatic heterocycles. The molecule has 20 heavy (non-hydrogen) atoms. The standard InChI is InChI=1S/C17H19ClO2/c1-2-3-4-13-5-8-15(9-6-13)20-17-10-7-14(12-19)11-16(17)18/h5-11,19H,2-4,12H2,1H3. The third-order valence-electron chi connectivity index (χ3n) is 3.15. The number of aliphatic hydroxyl groups excluding tert-OH is 1. The summed E-state index contributed by atoms with van der Waals surface area (Å²) in [7, 11) is 0. The van der Waals surface area contributed by atoms with Gasteiger partial charge in [-0.2, -0.15) is 0 Å². The van der Waals surface area contributed by atoms with Crippen LogP contribution in [0.1, 0.15) is 30.9 Å². The first-order valence-electron chi connectivity index (χ1n) is 6.89. The first-order chi connectivity index (χ1) is 9.72. The van der Waals surface area contributed by atoms with Gasteiger partial charge in [-0.15, -0.1) is 0 Å². The smallest absolute Gasteiger partial charge is 0.146 e. The first kappa shape index (κ1) is 14.9. The van der Waals surface area contributed by atoms with E-state index in [1.54, 1.807) is 18.2 Å². The fourth-order valence-corrected chi connectivity index (χ4v) is 2.20. The van der Waals surface area contributed by atoms with Crippen LogP contribution in [0.3, 0.4) is 0 Å². The molecule has 0 radical (unpaired) electrons. The molecule has 0 saturated heterocycles. The molecule has 3 heteroatoms. The number of halogens is 1. The third kappa shape index (κ3) is 3.99. The zero-order chi connectivity index (χ0) is 14.4. The van der Waals surface area contributed by atoms with Crippen molar-refractivity contribution < 1.29 is 9.84 Å². The van der Waals surface area contributed by atoms with Crippen LogP contribution in [0.5, 0.6) is 11.5 Å². The molecule has 0 aliphatic heterocycles. The lowest BCUT2D eigenvalue weighted by molar-refractivity contribution is 0.281. The molecule has 0 aliphatic rings. The maximum Gasteiger partial charge on any atom is 0.146 e. The van der Waals surface area contributed by atoms with Gasteiger partial charge in [0, 0.05) is 0 Å². The summed E-state index contributed by atoms with van der Waals surface area (Å²) in [5.74, 6) is 1.37. The Bertz CT molecular complexity index is 549. The maximum absolute atomic E-state index is 9.04. The number of aryl methyl sites for hydroxylation is 1. The average Bonchev–Trinajstić information content (AvgIpc) is 2.48. The number of ether oxygens (including phenoxy) is 1. The fourth-order valence-electron chi connectivity index (χ4n) is 1.96. The van der Waals surface area contributed by atoms with Crippen molar-refractivity contribution in [3.05, 3.63) is 58.6 Å². The molecule has 0 unspecified atom stereocenters. The summed E-state index contributed by atoms with van der Waals surface area (Å²) in [4.78, 5) is 0. The van der Waals surface area contributed by atoms with Gasteiger partial charge in [0.05, 0.1) is 11.6 Å². The van der Waals surface area contributed by atoms with Crippen LogP contribution in [0.25, 0.3) is 0 Å². The van der Waals surface area contributed by atoms with Crippen molar-refractivity contribution in [3.8, 4) is 11.5 Å². The second-order valence-corrected chi connectivity index (χ2v) is 5.18. The lowest BCUT2D eigenvalue weighted by Crippen LogP contribution is -1.89. The summed E-state index contributed by atoms with van der Waals surface area (Å²) >= 11 is 6.12. The second kappa shape index (κ2) is 7.32. The average molecular weight is 291 g/mol. The molecule has 106 valence electrons. The molecule has 2 nitrogen and oxygen atoms in total. The zero-order valence-corrected chi connectivity index (χ0v) is 12.4. The Morgan fingerprint density at radius 3 is 2.35 bits per heavy atom. The molecule has 2 aromatic carbocycles. The Morgan fingerprint density at radius 1 is 1.05 bits per heavy atom. The van der Waals surface area contributed by atoms with E-state index in [9.17, 15) is 0 Å². The molecule has 0 atom stereocenters. The largest absolute Gasteiger partial charge is 0.456 e. The molecule has 0 amide bonds. The summed E-state index contributed by atoms with van der Waals surface area (Å²) in [6, 6.07) is 13.4. The van der Waals surface area contributed by atoms with Crippen molar-refractivity contribution in [1.29, 1.82) is 0 Å². The third-order valence-corrected chi connectivity index (χ3v) is 3.44. The van der Waals surface area contributed by atoms with E-state index in [1.807, 2.05) is 12.1 Å². The Morgan fingerprint density at radius 2 is 1.75 bits per heavy atom. The molecule has 0 spiro atoms. The normalized spacial score (nSPS) is 10.6. The molecule has 0 saturated carbocycles. The Labute approximate surface area is 125 Å². The predicted octanol–water partition coefficient (Wildman–Crippen LogP) is 4.97. The lowest BCUT2D eigenvalue weighted by Gasteiger charge is -2.09. The number of unbranched alkanes of at least 4 members (excludes halogenated alkanes) is 1. The SMILES string of the molecule is CCCCc1ccc(Oc2ccc(CO)cc2Cl)cc1. The molecule has 0 aliphatic carbocycles. The van der Waals surface area contributed by atoms with E-state index >= 15 is 0 Å². The van der Waals surface area contributed by atoms with Crippen molar-refractivity contribution in [1.82, 2.24) is 0 Å². The van der Waals surface area contributed by atoms with E-state index in [-0.39, 0.29) is 6.61 Å². The Balaban J connectivity index is 2.06. The highest BCUT2D eigenvalue weighted by molar-refractivity contribution is 6.32. The van der Waals surface area contributed by atoms with Crippen LogP contribution in [-0.4, -0.2) is 5.11 Å². The molecule has 0 heterocycles. The summed E-state index contributed by atoms with van der Waals surface area (Å²) in [5.41, 5.74) is 2.10. The van der Waals surface area contributed by atoms with Crippen LogP contribution in [-0.2, 0) is 13.0 Å².